The molecule has 24 heavy (non-hydrogen) atoms. The van der Waals surface area contributed by atoms with Gasteiger partial charge in [-0.05, 0) is 51.6 Å². The third kappa shape index (κ3) is 4.36. The number of aromatic amines is 1. The van der Waals surface area contributed by atoms with E-state index < -0.39 is 0 Å². The molecule has 0 saturated carbocycles. The van der Waals surface area contributed by atoms with Crippen LogP contribution in [0.5, 0.6) is 0 Å². The van der Waals surface area contributed by atoms with Crippen LogP contribution in [0.2, 0.25) is 0 Å². The molecular formula is C19H29N3O2. The molecule has 5 heteroatoms. The fourth-order valence-corrected chi connectivity index (χ4v) is 2.71. The molecule has 0 atom stereocenters. The van der Waals surface area contributed by atoms with Gasteiger partial charge in [0.15, 0.2) is 0 Å². The monoisotopic (exact) mass is 331 g/mol. The molecule has 0 radical (unpaired) electrons. The predicted octanol–water partition coefficient (Wildman–Crippen LogP) is 2.83. The topological polar surface area (TPSA) is 48.6 Å². The van der Waals surface area contributed by atoms with E-state index in [0.717, 1.165) is 48.5 Å². The van der Waals surface area contributed by atoms with E-state index in [4.69, 9.17) is 4.74 Å². The maximum atomic E-state index is 12.7. The lowest BCUT2D eigenvalue weighted by molar-refractivity contribution is 0.0770. The van der Waals surface area contributed by atoms with Crippen molar-refractivity contribution < 1.29 is 9.53 Å². The summed E-state index contributed by atoms with van der Waals surface area (Å²) >= 11 is 0. The minimum atomic E-state index is 0.0633. The van der Waals surface area contributed by atoms with Crippen LogP contribution >= 0.6 is 0 Å². The zero-order valence-corrected chi connectivity index (χ0v) is 15.5. The molecule has 0 spiro atoms. The van der Waals surface area contributed by atoms with Gasteiger partial charge in [-0.3, -0.25) is 4.79 Å². The van der Waals surface area contributed by atoms with Gasteiger partial charge in [-0.15, -0.1) is 0 Å². The highest BCUT2D eigenvalue weighted by atomic mass is 16.5. The highest BCUT2D eigenvalue weighted by Crippen LogP contribution is 2.22. The second kappa shape index (κ2) is 8.31. The van der Waals surface area contributed by atoms with Crippen LogP contribution in [0.1, 0.15) is 28.5 Å². The Kier molecular flexibility index (Phi) is 6.40. The summed E-state index contributed by atoms with van der Waals surface area (Å²) in [6.45, 7) is 10.0. The Morgan fingerprint density at radius 2 is 1.92 bits per heavy atom. The molecule has 1 amide bonds. The Morgan fingerprint density at radius 3 is 2.62 bits per heavy atom. The fourth-order valence-electron chi connectivity index (χ4n) is 2.71. The number of aromatic nitrogens is 1. The molecule has 5 nitrogen and oxygen atoms in total. The summed E-state index contributed by atoms with van der Waals surface area (Å²) < 4.78 is 5.36. The third-order valence-electron chi connectivity index (χ3n) is 4.54. The van der Waals surface area contributed by atoms with Crippen LogP contribution < -0.4 is 0 Å². The van der Waals surface area contributed by atoms with Gasteiger partial charge in [0, 0.05) is 55.4 Å². The summed E-state index contributed by atoms with van der Waals surface area (Å²) in [6, 6.07) is 5.88. The molecule has 0 bridgehead atoms. The average Bonchev–Trinajstić information content (AvgIpc) is 2.86. The van der Waals surface area contributed by atoms with Crippen molar-refractivity contribution >= 4 is 16.8 Å². The lowest BCUT2D eigenvalue weighted by atomic mass is 10.1. The van der Waals surface area contributed by atoms with E-state index >= 15 is 0 Å². The van der Waals surface area contributed by atoms with Gasteiger partial charge in [-0.25, -0.2) is 0 Å². The van der Waals surface area contributed by atoms with Crippen molar-refractivity contribution in [3.8, 4) is 0 Å². The molecule has 1 aromatic heterocycles. The zero-order valence-electron chi connectivity index (χ0n) is 15.5. The summed E-state index contributed by atoms with van der Waals surface area (Å²) in [5, 5.41) is 1.13. The number of H-pyrrole nitrogens is 1. The molecule has 1 N–H and O–H groups in total. The van der Waals surface area contributed by atoms with E-state index in [1.165, 1.54) is 5.56 Å². The van der Waals surface area contributed by atoms with E-state index in [0.29, 0.717) is 6.54 Å². The minimum absolute atomic E-state index is 0.0633. The largest absolute Gasteiger partial charge is 0.380 e. The zero-order chi connectivity index (χ0) is 17.7. The first-order valence-corrected chi connectivity index (χ1v) is 8.54. The number of likely N-dealkylation sites (N-methyl/N-ethyl adjacent to an activating group) is 2. The van der Waals surface area contributed by atoms with Gasteiger partial charge >= 0.3 is 0 Å². The molecular weight excluding hydrogens is 302 g/mol. The van der Waals surface area contributed by atoms with Crippen molar-refractivity contribution in [2.24, 2.45) is 0 Å². The van der Waals surface area contributed by atoms with Crippen molar-refractivity contribution in [1.82, 2.24) is 14.8 Å². The summed E-state index contributed by atoms with van der Waals surface area (Å²) in [5.41, 5.74) is 4.18. The summed E-state index contributed by atoms with van der Waals surface area (Å²) in [6.07, 6.45) is 0. The van der Waals surface area contributed by atoms with E-state index in [-0.39, 0.29) is 5.91 Å². The van der Waals surface area contributed by atoms with Crippen LogP contribution in [0.25, 0.3) is 10.9 Å². The molecule has 0 aliphatic heterocycles. The quantitative estimate of drug-likeness (QED) is 0.757. The standard InChI is InChI=1S/C19H29N3O2/c1-6-24-12-11-21(4)9-10-22(5)19(23)16-7-8-18-17(13-16)14(2)15(3)20-18/h7-8,13,20H,6,9-12H2,1-5H3. The first-order valence-electron chi connectivity index (χ1n) is 8.54. The number of aryl methyl sites for hydroxylation is 2. The van der Waals surface area contributed by atoms with E-state index in [2.05, 4.69) is 30.8 Å². The van der Waals surface area contributed by atoms with E-state index in [1.54, 1.807) is 4.90 Å². The Labute approximate surface area is 144 Å². The number of hydrogen-bond acceptors (Lipinski definition) is 3. The molecule has 0 fully saturated rings. The van der Waals surface area contributed by atoms with Crippen LogP contribution in [-0.4, -0.2) is 67.6 Å². The van der Waals surface area contributed by atoms with Crippen LogP contribution in [0.15, 0.2) is 18.2 Å². The number of amides is 1. The van der Waals surface area contributed by atoms with Crippen LogP contribution in [0, 0.1) is 13.8 Å². The van der Waals surface area contributed by atoms with Gasteiger partial charge in [-0.2, -0.15) is 0 Å². The highest BCUT2D eigenvalue weighted by Gasteiger charge is 2.14. The smallest absolute Gasteiger partial charge is 0.253 e. The number of fused-ring (bicyclic) bond motifs is 1. The third-order valence-corrected chi connectivity index (χ3v) is 4.54. The lowest BCUT2D eigenvalue weighted by Gasteiger charge is -2.22. The van der Waals surface area contributed by atoms with Gasteiger partial charge in [0.1, 0.15) is 0 Å². The maximum Gasteiger partial charge on any atom is 0.253 e. The number of benzene rings is 1. The summed E-state index contributed by atoms with van der Waals surface area (Å²) in [7, 11) is 3.91. The first-order chi connectivity index (χ1) is 11.4. The second-order valence-electron chi connectivity index (χ2n) is 6.36. The number of rotatable bonds is 8. The van der Waals surface area contributed by atoms with Gasteiger partial charge in [0.25, 0.3) is 5.91 Å². The van der Waals surface area contributed by atoms with Crippen molar-refractivity contribution in [2.45, 2.75) is 20.8 Å². The number of carbonyl (C=O) groups is 1. The van der Waals surface area contributed by atoms with E-state index in [9.17, 15) is 4.79 Å². The van der Waals surface area contributed by atoms with Gasteiger partial charge < -0.3 is 19.5 Å². The number of nitrogens with one attached hydrogen (secondary N) is 1. The Balaban J connectivity index is 1.96. The number of hydrogen-bond donors (Lipinski definition) is 1. The maximum absolute atomic E-state index is 12.7. The molecule has 1 heterocycles. The number of nitrogens with zero attached hydrogens (tertiary/aromatic N) is 2. The molecule has 2 aromatic rings. The molecule has 132 valence electrons. The first kappa shape index (κ1) is 18.5. The molecule has 2 rings (SSSR count). The van der Waals surface area contributed by atoms with Crippen LogP contribution in [0.3, 0.4) is 0 Å². The van der Waals surface area contributed by atoms with Crippen molar-refractivity contribution in [3.63, 3.8) is 0 Å². The van der Waals surface area contributed by atoms with Gasteiger partial charge in [-0.1, -0.05) is 0 Å². The molecule has 0 saturated heterocycles. The van der Waals surface area contributed by atoms with Crippen molar-refractivity contribution in [3.05, 3.63) is 35.0 Å². The highest BCUT2D eigenvalue weighted by molar-refractivity contribution is 5.98. The average molecular weight is 331 g/mol. The Bertz CT molecular complexity index is 693. The van der Waals surface area contributed by atoms with Crippen molar-refractivity contribution in [2.75, 3.05) is 46.9 Å². The van der Waals surface area contributed by atoms with E-state index in [1.807, 2.05) is 32.2 Å². The Morgan fingerprint density at radius 1 is 1.17 bits per heavy atom. The normalized spacial score (nSPS) is 11.4. The summed E-state index contributed by atoms with van der Waals surface area (Å²) in [5.74, 6) is 0.0633. The van der Waals surface area contributed by atoms with Crippen LogP contribution in [0.4, 0.5) is 0 Å². The molecule has 0 aliphatic carbocycles. The predicted molar refractivity (Wildman–Crippen MR) is 98.7 cm³/mol. The van der Waals surface area contributed by atoms with Gasteiger partial charge in [0.2, 0.25) is 0 Å². The van der Waals surface area contributed by atoms with Crippen molar-refractivity contribution in [1.29, 1.82) is 0 Å². The summed E-state index contributed by atoms with van der Waals surface area (Å²) in [4.78, 5) is 20.0. The lowest BCUT2D eigenvalue weighted by Crippen LogP contribution is -2.36. The molecule has 0 unspecified atom stereocenters. The van der Waals surface area contributed by atoms with Gasteiger partial charge in [0.05, 0.1) is 6.61 Å². The SMILES string of the molecule is CCOCCN(C)CCN(C)C(=O)c1ccc2[nH]c(C)c(C)c2c1. The molecule has 1 aromatic carbocycles. The Hall–Kier alpha value is -1.85. The fraction of sp³-hybridized carbons (Fsp3) is 0.526. The van der Waals surface area contributed by atoms with Crippen LogP contribution in [-0.2, 0) is 4.74 Å². The molecule has 0 aliphatic rings. The minimum Gasteiger partial charge on any atom is -0.380 e. The second-order valence-corrected chi connectivity index (χ2v) is 6.36. The number of ether oxygens (including phenoxy) is 1. The number of carbonyl (C=O) groups excluding carboxylic acids is 1.